The van der Waals surface area contributed by atoms with E-state index >= 15 is 0 Å². The standard InChI is InChI=1S/C6H7NO5P/c8-7(9)5-1-3-6(4-2-5)13(10,11)12/h1-4,10-12H/q+1. The third kappa shape index (κ3) is 2.43. The molecule has 1 aromatic rings. The van der Waals surface area contributed by atoms with E-state index in [4.69, 9.17) is 14.7 Å². The van der Waals surface area contributed by atoms with E-state index < -0.39 is 12.9 Å². The monoisotopic (exact) mass is 204 g/mol. The summed E-state index contributed by atoms with van der Waals surface area (Å²) in [6.45, 7) is 0. The van der Waals surface area contributed by atoms with E-state index in [2.05, 4.69) is 0 Å². The molecule has 0 saturated carbocycles. The molecule has 0 radical (unpaired) electrons. The maximum Gasteiger partial charge on any atom is 0.440 e. The SMILES string of the molecule is O=[N+]([O-])c1ccc([P+](O)(O)O)cc1. The van der Waals surface area contributed by atoms with Crippen LogP contribution in [0.1, 0.15) is 0 Å². The number of nitro groups is 1. The topological polar surface area (TPSA) is 104 Å². The molecular formula is C6H7NO5P+. The summed E-state index contributed by atoms with van der Waals surface area (Å²) in [4.78, 5) is 35.9. The Morgan fingerprint density at radius 2 is 1.62 bits per heavy atom. The van der Waals surface area contributed by atoms with Gasteiger partial charge in [-0.15, -0.1) is 0 Å². The normalized spacial score (nSPS) is 11.3. The van der Waals surface area contributed by atoms with Gasteiger partial charge in [0.05, 0.1) is 4.92 Å². The zero-order valence-electron chi connectivity index (χ0n) is 6.36. The van der Waals surface area contributed by atoms with Crippen molar-refractivity contribution in [3.63, 3.8) is 0 Å². The predicted octanol–water partition coefficient (Wildman–Crippen LogP) is -0.0404. The van der Waals surface area contributed by atoms with Crippen LogP contribution in [0.3, 0.4) is 0 Å². The van der Waals surface area contributed by atoms with Gasteiger partial charge < -0.3 is 0 Å². The fourth-order valence-electron chi connectivity index (χ4n) is 0.774. The summed E-state index contributed by atoms with van der Waals surface area (Å²) in [7, 11) is -4.04. The predicted molar refractivity (Wildman–Crippen MR) is 46.3 cm³/mol. The highest BCUT2D eigenvalue weighted by atomic mass is 31.2. The molecule has 1 aromatic carbocycles. The average Bonchev–Trinajstić information content (AvgIpc) is 2.03. The molecule has 70 valence electrons. The Morgan fingerprint density at radius 1 is 1.15 bits per heavy atom. The molecule has 1 rings (SSSR count). The molecule has 0 atom stereocenters. The van der Waals surface area contributed by atoms with Gasteiger partial charge in [-0.2, -0.15) is 14.7 Å². The molecule has 13 heavy (non-hydrogen) atoms. The number of non-ortho nitro benzene ring substituents is 1. The lowest BCUT2D eigenvalue weighted by Crippen LogP contribution is -2.08. The Kier molecular flexibility index (Phi) is 2.58. The van der Waals surface area contributed by atoms with Crippen molar-refractivity contribution in [2.75, 3.05) is 0 Å². The highest BCUT2D eigenvalue weighted by molar-refractivity contribution is 7.66. The summed E-state index contributed by atoms with van der Waals surface area (Å²) in [5.74, 6) is 0. The van der Waals surface area contributed by atoms with Gasteiger partial charge in [0.1, 0.15) is 0 Å². The van der Waals surface area contributed by atoms with Gasteiger partial charge in [-0.05, 0) is 12.1 Å². The van der Waals surface area contributed by atoms with Crippen LogP contribution in [0.5, 0.6) is 0 Å². The highest BCUT2D eigenvalue weighted by Crippen LogP contribution is 2.42. The maximum atomic E-state index is 10.2. The molecule has 0 aromatic heterocycles. The Morgan fingerprint density at radius 3 is 1.92 bits per heavy atom. The average molecular weight is 204 g/mol. The second kappa shape index (κ2) is 3.35. The quantitative estimate of drug-likeness (QED) is 0.356. The summed E-state index contributed by atoms with van der Waals surface area (Å²) in [5, 5.41) is 10.1. The van der Waals surface area contributed by atoms with Gasteiger partial charge in [0.25, 0.3) is 5.69 Å². The van der Waals surface area contributed by atoms with Crippen molar-refractivity contribution in [3.05, 3.63) is 34.4 Å². The fraction of sp³-hybridized carbons (Fsp3) is 0. The van der Waals surface area contributed by atoms with Crippen molar-refractivity contribution >= 4 is 18.9 Å². The van der Waals surface area contributed by atoms with E-state index in [9.17, 15) is 10.1 Å². The van der Waals surface area contributed by atoms with Gasteiger partial charge in [-0.3, -0.25) is 10.1 Å². The summed E-state index contributed by atoms with van der Waals surface area (Å²) >= 11 is 0. The van der Waals surface area contributed by atoms with Crippen molar-refractivity contribution < 1.29 is 19.6 Å². The van der Waals surface area contributed by atoms with Crippen molar-refractivity contribution in [1.29, 1.82) is 0 Å². The third-order valence-corrected chi connectivity index (χ3v) is 2.40. The van der Waals surface area contributed by atoms with Crippen LogP contribution in [-0.2, 0) is 0 Å². The zero-order chi connectivity index (χ0) is 10.1. The van der Waals surface area contributed by atoms with E-state index in [0.717, 1.165) is 24.3 Å². The Balaban J connectivity index is 3.01. The number of hydrogen-bond donors (Lipinski definition) is 3. The number of benzene rings is 1. The summed E-state index contributed by atoms with van der Waals surface area (Å²) < 4.78 is 0. The number of hydrogen-bond acceptors (Lipinski definition) is 5. The Labute approximate surface area is 73.8 Å². The highest BCUT2D eigenvalue weighted by Gasteiger charge is 2.34. The van der Waals surface area contributed by atoms with E-state index in [1.807, 2.05) is 0 Å². The van der Waals surface area contributed by atoms with Crippen LogP contribution in [0, 0.1) is 10.1 Å². The van der Waals surface area contributed by atoms with Gasteiger partial charge in [0, 0.05) is 12.1 Å². The van der Waals surface area contributed by atoms with Crippen LogP contribution in [0.2, 0.25) is 0 Å². The molecule has 0 saturated heterocycles. The molecule has 0 unspecified atom stereocenters. The third-order valence-electron chi connectivity index (χ3n) is 1.41. The van der Waals surface area contributed by atoms with Crippen molar-refractivity contribution in [2.24, 2.45) is 0 Å². The van der Waals surface area contributed by atoms with Crippen LogP contribution < -0.4 is 5.30 Å². The number of nitrogens with zero attached hydrogens (tertiary/aromatic N) is 1. The van der Waals surface area contributed by atoms with Gasteiger partial charge in [-0.25, -0.2) is 0 Å². The van der Waals surface area contributed by atoms with E-state index in [1.165, 1.54) is 0 Å². The fourth-order valence-corrected chi connectivity index (χ4v) is 1.32. The van der Waals surface area contributed by atoms with Crippen LogP contribution in [0.4, 0.5) is 5.69 Å². The molecule has 0 fully saturated rings. The second-order valence-corrected chi connectivity index (χ2v) is 3.99. The van der Waals surface area contributed by atoms with E-state index in [1.54, 1.807) is 0 Å². The lowest BCUT2D eigenvalue weighted by atomic mass is 10.3. The van der Waals surface area contributed by atoms with Crippen molar-refractivity contribution in [1.82, 2.24) is 0 Å². The summed E-state index contributed by atoms with van der Waals surface area (Å²) in [5.41, 5.74) is -0.169. The molecule has 0 amide bonds. The lowest BCUT2D eigenvalue weighted by molar-refractivity contribution is -0.384. The molecule has 0 spiro atoms. The van der Waals surface area contributed by atoms with Crippen LogP contribution >= 0.6 is 7.94 Å². The molecule has 0 aliphatic heterocycles. The van der Waals surface area contributed by atoms with Gasteiger partial charge in [0.2, 0.25) is 0 Å². The molecule has 0 bridgehead atoms. The molecular weight excluding hydrogens is 197 g/mol. The first-order valence-electron chi connectivity index (χ1n) is 3.23. The van der Waals surface area contributed by atoms with E-state index in [-0.39, 0.29) is 11.0 Å². The van der Waals surface area contributed by atoms with Crippen LogP contribution in [-0.4, -0.2) is 19.6 Å². The molecule has 0 aliphatic rings. The maximum absolute atomic E-state index is 10.2. The Hall–Kier alpha value is -1.07. The lowest BCUT2D eigenvalue weighted by Gasteiger charge is -2.01. The van der Waals surface area contributed by atoms with Gasteiger partial charge >= 0.3 is 7.94 Å². The Bertz CT molecular complexity index is 317. The largest absolute Gasteiger partial charge is 0.440 e. The number of nitro benzene ring substituents is 1. The smallest absolute Gasteiger partial charge is 0.258 e. The molecule has 3 N–H and O–H groups in total. The molecule has 0 heterocycles. The molecule has 0 aliphatic carbocycles. The number of rotatable bonds is 2. The second-order valence-electron chi connectivity index (χ2n) is 2.34. The minimum atomic E-state index is -4.04. The van der Waals surface area contributed by atoms with Crippen molar-refractivity contribution in [3.8, 4) is 0 Å². The van der Waals surface area contributed by atoms with E-state index in [0.29, 0.717) is 0 Å². The zero-order valence-corrected chi connectivity index (χ0v) is 7.26. The molecule has 6 nitrogen and oxygen atoms in total. The first-order valence-corrected chi connectivity index (χ1v) is 4.88. The first-order chi connectivity index (χ1) is 5.91. The summed E-state index contributed by atoms with van der Waals surface area (Å²) in [6.07, 6.45) is 0. The van der Waals surface area contributed by atoms with Crippen LogP contribution in [0.25, 0.3) is 0 Å². The minimum Gasteiger partial charge on any atom is -0.258 e. The van der Waals surface area contributed by atoms with Gasteiger partial charge in [0.15, 0.2) is 5.30 Å². The van der Waals surface area contributed by atoms with Gasteiger partial charge in [-0.1, -0.05) is 0 Å². The first kappa shape index (κ1) is 10.0. The molecule has 7 heteroatoms. The summed E-state index contributed by atoms with van der Waals surface area (Å²) in [6, 6.07) is 4.39. The van der Waals surface area contributed by atoms with Crippen LogP contribution in [0.15, 0.2) is 24.3 Å². The minimum absolute atomic E-state index is 0.113. The van der Waals surface area contributed by atoms with Crippen molar-refractivity contribution in [2.45, 2.75) is 0 Å².